The molecule has 3 heterocycles. The van der Waals surface area contributed by atoms with Crippen molar-refractivity contribution < 1.29 is 0 Å². The number of anilines is 6. The van der Waals surface area contributed by atoms with E-state index < -0.39 is 0 Å². The van der Waals surface area contributed by atoms with Gasteiger partial charge in [-0.3, -0.25) is 0 Å². The molecule has 0 radical (unpaired) electrons. The highest BCUT2D eigenvalue weighted by Crippen LogP contribution is 2.58. The number of hydrogen-bond donors (Lipinski definition) is 0. The van der Waals surface area contributed by atoms with Crippen LogP contribution in [0.4, 0.5) is 34.1 Å². The van der Waals surface area contributed by atoms with E-state index in [2.05, 4.69) is 319 Å². The molecule has 0 N–H and O–H groups in total. The summed E-state index contributed by atoms with van der Waals surface area (Å²) in [7, 11) is 0. The summed E-state index contributed by atoms with van der Waals surface area (Å²) >= 11 is 0. The van der Waals surface area contributed by atoms with E-state index in [4.69, 9.17) is 0 Å². The van der Waals surface area contributed by atoms with E-state index in [0.717, 1.165) is 23.5 Å². The van der Waals surface area contributed by atoms with Crippen LogP contribution in [-0.4, -0.2) is 11.3 Å². The molecule has 16 rings (SSSR count). The van der Waals surface area contributed by atoms with Crippen molar-refractivity contribution >= 4 is 84.6 Å². The van der Waals surface area contributed by atoms with Gasteiger partial charge >= 0.3 is 0 Å². The topological polar surface area (TPSA) is 11.4 Å². The summed E-state index contributed by atoms with van der Waals surface area (Å²) in [6.45, 7) is 21.4. The summed E-state index contributed by atoms with van der Waals surface area (Å²) < 4.78 is 2.48. The molecule has 0 amide bonds. The minimum Gasteiger partial charge on any atom is -0.311 e. The van der Waals surface area contributed by atoms with Crippen LogP contribution in [0.25, 0.3) is 55.3 Å². The molecule has 0 fully saturated rings. The fraction of sp³-hybridized carbons (Fsp3) is 0.195. The molecular weight excluding hydrogens is 1040 g/mol. The average molecular weight is 1110 g/mol. The first-order valence-corrected chi connectivity index (χ1v) is 31.2. The standard InChI is InChI=1S/C82H72BN3/c1-80(2,3)59-42-56-28-29-57-43-60(81(4,5)6)47-68-67(45-58(44-59)77(56)78(57)68)55-34-40-69-73(46-55)84(62-35-30-53(31-36-62)51-20-12-10-13-21-51)75-48-61(82(7,8)9)49-76-79(75)83(69)70-41-39-64(86-71-26-18-16-24-65(71)66-25-17-19-27-72(66)86)50-74(70)85(76)63-37-32-54(33-38-63)52-22-14-11-15-23-52/h10-42,44-50,57,77-78H,43H2,1-9H3. The Morgan fingerprint density at radius 2 is 0.930 bits per heavy atom. The normalized spacial score (nSPS) is 18.5. The molecule has 4 aliphatic carbocycles. The van der Waals surface area contributed by atoms with Crippen molar-refractivity contribution in [2.24, 2.45) is 28.6 Å². The first-order chi connectivity index (χ1) is 41.5. The summed E-state index contributed by atoms with van der Waals surface area (Å²) in [5, 5.41) is 2.51. The van der Waals surface area contributed by atoms with Gasteiger partial charge in [0.15, 0.2) is 0 Å². The van der Waals surface area contributed by atoms with Gasteiger partial charge in [-0.15, -0.1) is 0 Å². The van der Waals surface area contributed by atoms with Crippen LogP contribution in [0.3, 0.4) is 0 Å². The quantitative estimate of drug-likeness (QED) is 0.154. The predicted octanol–water partition coefficient (Wildman–Crippen LogP) is 19.9. The maximum absolute atomic E-state index is 2.65. The van der Waals surface area contributed by atoms with Gasteiger partial charge in [-0.2, -0.15) is 0 Å². The zero-order chi connectivity index (χ0) is 58.5. The first-order valence-electron chi connectivity index (χ1n) is 31.2. The number of allylic oxidation sites excluding steroid dienone is 12. The van der Waals surface area contributed by atoms with Crippen LogP contribution in [0.2, 0.25) is 0 Å². The summed E-state index contributed by atoms with van der Waals surface area (Å²) in [6.07, 6.45) is 16.5. The van der Waals surface area contributed by atoms with Crippen molar-refractivity contribution in [3.63, 3.8) is 0 Å². The third-order valence-electron chi connectivity index (χ3n) is 19.9. The maximum Gasteiger partial charge on any atom is 0.252 e. The zero-order valence-corrected chi connectivity index (χ0v) is 51.0. The Labute approximate surface area is 508 Å². The lowest BCUT2D eigenvalue weighted by Crippen LogP contribution is -2.61. The van der Waals surface area contributed by atoms with Crippen molar-refractivity contribution in [2.45, 2.75) is 74.1 Å². The molecule has 10 aromatic rings. The monoisotopic (exact) mass is 1110 g/mol. The van der Waals surface area contributed by atoms with E-state index in [1.807, 2.05) is 0 Å². The lowest BCUT2D eigenvalue weighted by atomic mass is 9.33. The second-order valence-electron chi connectivity index (χ2n) is 28.2. The fourth-order valence-corrected chi connectivity index (χ4v) is 15.3. The highest BCUT2D eigenvalue weighted by Gasteiger charge is 2.47. The number of benzene rings is 9. The van der Waals surface area contributed by atoms with Crippen LogP contribution in [0.5, 0.6) is 0 Å². The maximum atomic E-state index is 2.65. The van der Waals surface area contributed by atoms with Gasteiger partial charge in [0, 0.05) is 62.4 Å². The Bertz CT molecular complexity index is 4600. The highest BCUT2D eigenvalue weighted by molar-refractivity contribution is 7.00. The van der Waals surface area contributed by atoms with E-state index in [1.54, 1.807) is 0 Å². The zero-order valence-electron chi connectivity index (χ0n) is 51.0. The number of rotatable bonds is 6. The van der Waals surface area contributed by atoms with Crippen LogP contribution in [0.1, 0.15) is 79.9 Å². The van der Waals surface area contributed by atoms with E-state index in [1.165, 1.54) is 128 Å². The second-order valence-corrected chi connectivity index (χ2v) is 28.2. The Hall–Kier alpha value is -9.12. The highest BCUT2D eigenvalue weighted by atomic mass is 15.2. The molecule has 1 aromatic heterocycles. The van der Waals surface area contributed by atoms with Gasteiger partial charge in [-0.25, -0.2) is 0 Å². The fourth-order valence-electron chi connectivity index (χ4n) is 15.3. The minimum absolute atomic E-state index is 0.0156. The van der Waals surface area contributed by atoms with Gasteiger partial charge in [-0.1, -0.05) is 244 Å². The third kappa shape index (κ3) is 8.30. The van der Waals surface area contributed by atoms with Crippen molar-refractivity contribution in [2.75, 3.05) is 9.80 Å². The SMILES string of the molecule is CC(C)(C)C1=CC2=CC(c3ccc4c(c3)N(c3ccc(-c5ccccc5)cc3)c3cc(C(C)(C)C)cc5c3B4c3ccc(-n4c6ccccc6c6ccccc64)cc3N5c3ccc(-c4ccccc4)cc3)=C3C=C(C(C)(C)C)CC4C=CC(=C1)C2C34. The average Bonchev–Trinajstić information content (AvgIpc) is 0.814. The Morgan fingerprint density at radius 1 is 0.419 bits per heavy atom. The molecular formula is C82H72BN3. The molecule has 418 valence electrons. The van der Waals surface area contributed by atoms with Crippen molar-refractivity contribution in [3.8, 4) is 27.9 Å². The lowest BCUT2D eigenvalue weighted by molar-refractivity contribution is 0.329. The molecule has 3 unspecified atom stereocenters. The number of hydrogen-bond acceptors (Lipinski definition) is 2. The Morgan fingerprint density at radius 3 is 1.49 bits per heavy atom. The van der Waals surface area contributed by atoms with Crippen LogP contribution < -0.4 is 26.2 Å². The molecule has 0 saturated heterocycles. The second kappa shape index (κ2) is 19.2. The summed E-state index contributed by atoms with van der Waals surface area (Å²) in [4.78, 5) is 5.24. The van der Waals surface area contributed by atoms with Crippen molar-refractivity contribution in [3.05, 3.63) is 282 Å². The molecule has 2 aliphatic heterocycles. The van der Waals surface area contributed by atoms with Crippen LogP contribution in [0.15, 0.2) is 271 Å². The molecule has 0 bridgehead atoms. The van der Waals surface area contributed by atoms with Gasteiger partial charge in [0.1, 0.15) is 0 Å². The molecule has 86 heavy (non-hydrogen) atoms. The summed E-state index contributed by atoms with van der Waals surface area (Å²) in [5.74, 6) is 1.13. The van der Waals surface area contributed by atoms with Gasteiger partial charge in [0.25, 0.3) is 6.71 Å². The molecule has 6 aliphatic rings. The molecule has 3 nitrogen and oxygen atoms in total. The summed E-state index contributed by atoms with van der Waals surface area (Å²) in [5.41, 5.74) is 30.5. The predicted molar refractivity (Wildman–Crippen MR) is 367 cm³/mol. The number of fused-ring (bicyclic) bond motifs is 7. The van der Waals surface area contributed by atoms with Crippen LogP contribution >= 0.6 is 0 Å². The van der Waals surface area contributed by atoms with Crippen LogP contribution in [-0.2, 0) is 5.41 Å². The number of aromatic nitrogens is 1. The van der Waals surface area contributed by atoms with E-state index in [0.29, 0.717) is 17.8 Å². The number of nitrogens with zero attached hydrogens (tertiary/aromatic N) is 3. The van der Waals surface area contributed by atoms with Gasteiger partial charge in [0.2, 0.25) is 0 Å². The van der Waals surface area contributed by atoms with Gasteiger partial charge < -0.3 is 14.4 Å². The number of para-hydroxylation sites is 2. The Balaban J connectivity index is 0.975. The molecule has 0 saturated carbocycles. The minimum atomic E-state index is -0.187. The first kappa shape index (κ1) is 52.4. The molecule has 0 spiro atoms. The molecule has 9 aromatic carbocycles. The van der Waals surface area contributed by atoms with Crippen molar-refractivity contribution in [1.82, 2.24) is 4.57 Å². The Kier molecular flexibility index (Phi) is 11.7. The third-order valence-corrected chi connectivity index (χ3v) is 19.9. The van der Waals surface area contributed by atoms with Gasteiger partial charge in [0.05, 0.1) is 11.0 Å². The van der Waals surface area contributed by atoms with Crippen molar-refractivity contribution in [1.29, 1.82) is 0 Å². The van der Waals surface area contributed by atoms with E-state index >= 15 is 0 Å². The summed E-state index contributed by atoms with van der Waals surface area (Å²) in [6, 6.07) is 78.1. The van der Waals surface area contributed by atoms with Gasteiger partial charge in [-0.05, 0) is 173 Å². The van der Waals surface area contributed by atoms with Crippen LogP contribution in [0, 0.1) is 28.6 Å². The largest absolute Gasteiger partial charge is 0.311 e. The molecule has 4 heteroatoms. The van der Waals surface area contributed by atoms with E-state index in [9.17, 15) is 0 Å². The lowest BCUT2D eigenvalue weighted by Gasteiger charge is -2.48. The smallest absolute Gasteiger partial charge is 0.252 e. The van der Waals surface area contributed by atoms with E-state index in [-0.39, 0.29) is 23.0 Å². The molecule has 3 atom stereocenters.